The van der Waals surface area contributed by atoms with Crippen molar-refractivity contribution in [1.82, 2.24) is 5.32 Å². The third-order valence-electron chi connectivity index (χ3n) is 1.88. The maximum absolute atomic E-state index is 11.5. The van der Waals surface area contributed by atoms with Crippen molar-refractivity contribution in [1.29, 1.82) is 0 Å². The zero-order valence-electron chi connectivity index (χ0n) is 10.3. The SMILES string of the molecule is CC(C)C(=O)NC(C)(C)CC(C)(C)N. The number of carbonyl (C=O) groups excluding carboxylic acids is 1. The Morgan fingerprint density at radius 2 is 1.71 bits per heavy atom. The van der Waals surface area contributed by atoms with Crippen molar-refractivity contribution in [3.05, 3.63) is 0 Å². The van der Waals surface area contributed by atoms with Crippen LogP contribution in [0.25, 0.3) is 0 Å². The highest BCUT2D eigenvalue weighted by Gasteiger charge is 2.27. The molecule has 3 heteroatoms. The summed E-state index contributed by atoms with van der Waals surface area (Å²) in [6.45, 7) is 11.7. The Balaban J connectivity index is 4.28. The van der Waals surface area contributed by atoms with E-state index in [2.05, 4.69) is 5.32 Å². The highest BCUT2D eigenvalue weighted by molar-refractivity contribution is 5.78. The van der Waals surface area contributed by atoms with E-state index in [-0.39, 0.29) is 22.9 Å². The molecule has 0 heterocycles. The molecule has 0 bridgehead atoms. The lowest BCUT2D eigenvalue weighted by Crippen LogP contribution is -2.51. The molecule has 0 fully saturated rings. The van der Waals surface area contributed by atoms with Crippen LogP contribution in [0.2, 0.25) is 0 Å². The molecule has 0 aromatic carbocycles. The topological polar surface area (TPSA) is 55.1 Å². The van der Waals surface area contributed by atoms with Gasteiger partial charge in [-0.1, -0.05) is 13.8 Å². The number of hydrogen-bond donors (Lipinski definition) is 2. The van der Waals surface area contributed by atoms with Crippen LogP contribution in [0.15, 0.2) is 0 Å². The van der Waals surface area contributed by atoms with Gasteiger partial charge in [0.2, 0.25) is 5.91 Å². The molecule has 0 saturated heterocycles. The third-order valence-corrected chi connectivity index (χ3v) is 1.88. The van der Waals surface area contributed by atoms with Crippen LogP contribution in [-0.4, -0.2) is 17.0 Å². The van der Waals surface area contributed by atoms with Crippen LogP contribution >= 0.6 is 0 Å². The van der Waals surface area contributed by atoms with E-state index < -0.39 is 0 Å². The van der Waals surface area contributed by atoms with Crippen molar-refractivity contribution in [2.75, 3.05) is 0 Å². The second-order valence-electron chi connectivity index (χ2n) is 5.69. The predicted molar refractivity (Wildman–Crippen MR) is 59.9 cm³/mol. The molecule has 0 aromatic heterocycles. The summed E-state index contributed by atoms with van der Waals surface area (Å²) in [5, 5.41) is 2.99. The molecule has 0 saturated carbocycles. The van der Waals surface area contributed by atoms with Crippen LogP contribution in [0.1, 0.15) is 48.0 Å². The van der Waals surface area contributed by atoms with Gasteiger partial charge in [0.15, 0.2) is 0 Å². The van der Waals surface area contributed by atoms with Gasteiger partial charge in [0.25, 0.3) is 0 Å². The van der Waals surface area contributed by atoms with Crippen LogP contribution in [0.5, 0.6) is 0 Å². The average molecular weight is 200 g/mol. The smallest absolute Gasteiger partial charge is 0.222 e. The number of carbonyl (C=O) groups is 1. The van der Waals surface area contributed by atoms with E-state index in [0.29, 0.717) is 0 Å². The molecule has 0 radical (unpaired) electrons. The molecule has 0 atom stereocenters. The zero-order chi connectivity index (χ0) is 11.6. The number of hydrogen-bond acceptors (Lipinski definition) is 2. The van der Waals surface area contributed by atoms with Gasteiger partial charge in [-0.25, -0.2) is 0 Å². The van der Waals surface area contributed by atoms with Crippen molar-refractivity contribution in [2.24, 2.45) is 11.7 Å². The van der Waals surface area contributed by atoms with Crippen LogP contribution in [-0.2, 0) is 4.79 Å². The zero-order valence-corrected chi connectivity index (χ0v) is 10.3. The molecule has 0 unspecified atom stereocenters. The largest absolute Gasteiger partial charge is 0.351 e. The van der Waals surface area contributed by atoms with Gasteiger partial charge in [-0.2, -0.15) is 0 Å². The Bertz CT molecular complexity index is 202. The van der Waals surface area contributed by atoms with Crippen molar-refractivity contribution in [2.45, 2.75) is 59.0 Å². The van der Waals surface area contributed by atoms with Gasteiger partial charge in [-0.3, -0.25) is 4.79 Å². The van der Waals surface area contributed by atoms with Crippen LogP contribution in [0.4, 0.5) is 0 Å². The van der Waals surface area contributed by atoms with Gasteiger partial charge in [0.05, 0.1) is 0 Å². The second kappa shape index (κ2) is 4.30. The standard InChI is InChI=1S/C11H24N2O/c1-8(2)9(14)13-11(5,6)7-10(3,4)12/h8H,7,12H2,1-6H3,(H,13,14). The summed E-state index contributed by atoms with van der Waals surface area (Å²) in [5.74, 6) is 0.106. The maximum atomic E-state index is 11.5. The van der Waals surface area contributed by atoms with Crippen LogP contribution in [0, 0.1) is 5.92 Å². The molecule has 1 amide bonds. The molecule has 0 rings (SSSR count). The summed E-state index contributed by atoms with van der Waals surface area (Å²) >= 11 is 0. The number of nitrogens with two attached hydrogens (primary N) is 1. The fraction of sp³-hybridized carbons (Fsp3) is 0.909. The molecule has 0 spiro atoms. The van der Waals surface area contributed by atoms with Gasteiger partial charge in [0, 0.05) is 17.0 Å². The Kier molecular flexibility index (Phi) is 4.13. The first-order valence-corrected chi connectivity index (χ1v) is 5.14. The summed E-state index contributed by atoms with van der Waals surface area (Å²) in [5.41, 5.74) is 5.43. The lowest BCUT2D eigenvalue weighted by Gasteiger charge is -2.33. The Labute approximate surface area is 87.4 Å². The lowest BCUT2D eigenvalue weighted by molar-refractivity contribution is -0.125. The van der Waals surface area contributed by atoms with E-state index in [9.17, 15) is 4.79 Å². The second-order valence-corrected chi connectivity index (χ2v) is 5.69. The number of amides is 1. The first-order chi connectivity index (χ1) is 6.03. The molecule has 0 aromatic rings. The Morgan fingerprint density at radius 3 is 2.00 bits per heavy atom. The predicted octanol–water partition coefficient (Wildman–Crippen LogP) is 1.66. The molecule has 0 aliphatic rings. The van der Waals surface area contributed by atoms with E-state index in [4.69, 9.17) is 5.73 Å². The fourth-order valence-electron chi connectivity index (χ4n) is 1.66. The van der Waals surface area contributed by atoms with Gasteiger partial charge in [-0.05, 0) is 34.1 Å². The average Bonchev–Trinajstić information content (AvgIpc) is 1.78. The first-order valence-electron chi connectivity index (χ1n) is 5.14. The van der Waals surface area contributed by atoms with Gasteiger partial charge < -0.3 is 11.1 Å². The first kappa shape index (κ1) is 13.4. The highest BCUT2D eigenvalue weighted by Crippen LogP contribution is 2.17. The van der Waals surface area contributed by atoms with Crippen molar-refractivity contribution in [3.8, 4) is 0 Å². The molecule has 0 aliphatic heterocycles. The molecular weight excluding hydrogens is 176 g/mol. The molecular formula is C11H24N2O. The van der Waals surface area contributed by atoms with E-state index in [1.54, 1.807) is 0 Å². The highest BCUT2D eigenvalue weighted by atomic mass is 16.2. The Morgan fingerprint density at radius 1 is 1.29 bits per heavy atom. The Hall–Kier alpha value is -0.570. The monoisotopic (exact) mass is 200 g/mol. The molecule has 14 heavy (non-hydrogen) atoms. The van der Waals surface area contributed by atoms with Crippen molar-refractivity contribution in [3.63, 3.8) is 0 Å². The molecule has 0 aliphatic carbocycles. The van der Waals surface area contributed by atoms with E-state index in [1.165, 1.54) is 0 Å². The summed E-state index contributed by atoms with van der Waals surface area (Å²) < 4.78 is 0. The van der Waals surface area contributed by atoms with Gasteiger partial charge in [-0.15, -0.1) is 0 Å². The molecule has 3 N–H and O–H groups in total. The summed E-state index contributed by atoms with van der Waals surface area (Å²) in [6.07, 6.45) is 0.762. The fourth-order valence-corrected chi connectivity index (χ4v) is 1.66. The van der Waals surface area contributed by atoms with Crippen molar-refractivity contribution < 1.29 is 4.79 Å². The van der Waals surface area contributed by atoms with Crippen molar-refractivity contribution >= 4 is 5.91 Å². The quantitative estimate of drug-likeness (QED) is 0.725. The number of rotatable bonds is 4. The maximum Gasteiger partial charge on any atom is 0.222 e. The van der Waals surface area contributed by atoms with Gasteiger partial charge in [0.1, 0.15) is 0 Å². The van der Waals surface area contributed by atoms with E-state index >= 15 is 0 Å². The van der Waals surface area contributed by atoms with Gasteiger partial charge >= 0.3 is 0 Å². The molecule has 3 nitrogen and oxygen atoms in total. The minimum Gasteiger partial charge on any atom is -0.351 e. The number of nitrogens with one attached hydrogen (secondary N) is 1. The van der Waals surface area contributed by atoms with Crippen LogP contribution in [0.3, 0.4) is 0 Å². The van der Waals surface area contributed by atoms with Crippen LogP contribution < -0.4 is 11.1 Å². The summed E-state index contributed by atoms with van der Waals surface area (Å²) in [7, 11) is 0. The minimum absolute atomic E-state index is 0.0233. The summed E-state index contributed by atoms with van der Waals surface area (Å²) in [6, 6.07) is 0. The lowest BCUT2D eigenvalue weighted by atomic mass is 9.87. The molecule has 84 valence electrons. The van der Waals surface area contributed by atoms with E-state index in [1.807, 2.05) is 41.5 Å². The van der Waals surface area contributed by atoms with E-state index in [0.717, 1.165) is 6.42 Å². The third kappa shape index (κ3) is 5.97. The minimum atomic E-state index is -0.256. The normalized spacial score (nSPS) is 13.1. The summed E-state index contributed by atoms with van der Waals surface area (Å²) in [4.78, 5) is 11.5.